The van der Waals surface area contributed by atoms with E-state index in [4.69, 9.17) is 0 Å². The van der Waals surface area contributed by atoms with Crippen molar-refractivity contribution in [2.24, 2.45) is 0 Å². The van der Waals surface area contributed by atoms with Gasteiger partial charge < -0.3 is 10.2 Å². The van der Waals surface area contributed by atoms with Crippen molar-refractivity contribution in [3.05, 3.63) is 23.9 Å². The maximum atomic E-state index is 4.35. The maximum Gasteiger partial charge on any atom is 0.128 e. The van der Waals surface area contributed by atoms with Crippen LogP contribution in [0.5, 0.6) is 0 Å². The lowest BCUT2D eigenvalue weighted by Gasteiger charge is -2.15. The number of nitrogens with zero attached hydrogens (tertiary/aromatic N) is 2. The van der Waals surface area contributed by atoms with Crippen molar-refractivity contribution < 1.29 is 0 Å². The quantitative estimate of drug-likeness (QED) is 0.754. The third kappa shape index (κ3) is 2.70. The lowest BCUT2D eigenvalue weighted by Crippen LogP contribution is -2.17. The van der Waals surface area contributed by atoms with Crippen LogP contribution >= 0.6 is 0 Å². The zero-order chi connectivity index (χ0) is 9.68. The van der Waals surface area contributed by atoms with Crippen LogP contribution in [-0.2, 0) is 6.54 Å². The minimum Gasteiger partial charge on any atom is -0.360 e. The van der Waals surface area contributed by atoms with E-state index >= 15 is 0 Å². The summed E-state index contributed by atoms with van der Waals surface area (Å²) in [6, 6.07) is 4.15. The minimum atomic E-state index is 0.878. The Bertz CT molecular complexity index is 243. The van der Waals surface area contributed by atoms with Crippen LogP contribution in [0.25, 0.3) is 0 Å². The van der Waals surface area contributed by atoms with Gasteiger partial charge in [-0.15, -0.1) is 0 Å². The minimum absolute atomic E-state index is 0.878. The van der Waals surface area contributed by atoms with Gasteiger partial charge in [-0.3, -0.25) is 0 Å². The third-order valence-electron chi connectivity index (χ3n) is 2.06. The Morgan fingerprint density at radius 1 is 1.46 bits per heavy atom. The third-order valence-corrected chi connectivity index (χ3v) is 2.06. The van der Waals surface area contributed by atoms with E-state index < -0.39 is 0 Å². The molecule has 1 rings (SSSR count). The molecule has 0 aliphatic heterocycles. The van der Waals surface area contributed by atoms with Gasteiger partial charge in [0.2, 0.25) is 0 Å². The van der Waals surface area contributed by atoms with Gasteiger partial charge in [-0.25, -0.2) is 4.98 Å². The number of aromatic nitrogens is 1. The Hall–Kier alpha value is -1.09. The molecule has 0 spiro atoms. The highest BCUT2D eigenvalue weighted by atomic mass is 15.1. The molecule has 0 unspecified atom stereocenters. The normalized spacial score (nSPS) is 10.1. The molecule has 0 bridgehead atoms. The first-order chi connectivity index (χ1) is 6.27. The summed E-state index contributed by atoms with van der Waals surface area (Å²) in [5, 5.41) is 3.09. The van der Waals surface area contributed by atoms with Gasteiger partial charge in [0, 0.05) is 26.3 Å². The Balaban J connectivity index is 2.69. The lowest BCUT2D eigenvalue weighted by molar-refractivity contribution is 0.811. The van der Waals surface area contributed by atoms with E-state index in [1.807, 2.05) is 20.3 Å². The van der Waals surface area contributed by atoms with Crippen molar-refractivity contribution >= 4 is 5.82 Å². The van der Waals surface area contributed by atoms with Crippen LogP contribution in [0.3, 0.4) is 0 Å². The van der Waals surface area contributed by atoms with Crippen LogP contribution in [0.1, 0.15) is 12.5 Å². The molecule has 0 fully saturated rings. The SMILES string of the molecule is CCN(C)c1ccc(CNC)cn1. The molecule has 0 aliphatic carbocycles. The van der Waals surface area contributed by atoms with E-state index in [9.17, 15) is 0 Å². The van der Waals surface area contributed by atoms with Crippen LogP contribution in [0.4, 0.5) is 5.82 Å². The Labute approximate surface area is 79.8 Å². The van der Waals surface area contributed by atoms with Crippen molar-refractivity contribution in [2.75, 3.05) is 25.5 Å². The first kappa shape index (κ1) is 9.99. The smallest absolute Gasteiger partial charge is 0.128 e. The molecule has 1 N–H and O–H groups in total. The van der Waals surface area contributed by atoms with Crippen LogP contribution < -0.4 is 10.2 Å². The number of anilines is 1. The predicted octanol–water partition coefficient (Wildman–Crippen LogP) is 1.26. The van der Waals surface area contributed by atoms with Crippen LogP contribution in [0.2, 0.25) is 0 Å². The molecule has 3 nitrogen and oxygen atoms in total. The van der Waals surface area contributed by atoms with Crippen LogP contribution in [0.15, 0.2) is 18.3 Å². The average Bonchev–Trinajstić information content (AvgIpc) is 2.18. The molecule has 72 valence electrons. The number of pyridine rings is 1. The Morgan fingerprint density at radius 2 is 2.23 bits per heavy atom. The summed E-state index contributed by atoms with van der Waals surface area (Å²) in [7, 11) is 3.98. The maximum absolute atomic E-state index is 4.35. The molecule has 0 saturated carbocycles. The van der Waals surface area contributed by atoms with Gasteiger partial charge in [0.25, 0.3) is 0 Å². The summed E-state index contributed by atoms with van der Waals surface area (Å²) in [4.78, 5) is 6.47. The first-order valence-corrected chi connectivity index (χ1v) is 4.58. The van der Waals surface area contributed by atoms with Gasteiger partial charge in [-0.05, 0) is 25.6 Å². The Kier molecular flexibility index (Phi) is 3.71. The zero-order valence-electron chi connectivity index (χ0n) is 8.54. The van der Waals surface area contributed by atoms with E-state index in [1.165, 1.54) is 5.56 Å². The molecule has 0 saturated heterocycles. The van der Waals surface area contributed by atoms with Crippen LogP contribution in [-0.4, -0.2) is 25.6 Å². The summed E-state index contributed by atoms with van der Waals surface area (Å²) in [5.41, 5.74) is 1.22. The van der Waals surface area contributed by atoms with E-state index in [0.29, 0.717) is 0 Å². The predicted molar refractivity (Wildman–Crippen MR) is 55.9 cm³/mol. The monoisotopic (exact) mass is 179 g/mol. The largest absolute Gasteiger partial charge is 0.360 e. The number of rotatable bonds is 4. The van der Waals surface area contributed by atoms with Crippen molar-refractivity contribution in [3.63, 3.8) is 0 Å². The summed E-state index contributed by atoms with van der Waals surface area (Å²) < 4.78 is 0. The molecule has 13 heavy (non-hydrogen) atoms. The van der Waals surface area contributed by atoms with Gasteiger partial charge in [-0.1, -0.05) is 6.07 Å². The first-order valence-electron chi connectivity index (χ1n) is 4.58. The highest BCUT2D eigenvalue weighted by Gasteiger charge is 1.98. The molecule has 0 aromatic carbocycles. The van der Waals surface area contributed by atoms with E-state index in [0.717, 1.165) is 18.9 Å². The molecular weight excluding hydrogens is 162 g/mol. The second kappa shape index (κ2) is 4.82. The highest BCUT2D eigenvalue weighted by Crippen LogP contribution is 2.08. The molecule has 1 heterocycles. The molecule has 3 heteroatoms. The van der Waals surface area contributed by atoms with E-state index in [-0.39, 0.29) is 0 Å². The average molecular weight is 179 g/mol. The molecule has 1 aromatic rings. The van der Waals surface area contributed by atoms with Crippen molar-refractivity contribution in [3.8, 4) is 0 Å². The zero-order valence-corrected chi connectivity index (χ0v) is 8.54. The van der Waals surface area contributed by atoms with Crippen molar-refractivity contribution in [2.45, 2.75) is 13.5 Å². The highest BCUT2D eigenvalue weighted by molar-refractivity contribution is 5.37. The fourth-order valence-corrected chi connectivity index (χ4v) is 1.11. The molecule has 0 atom stereocenters. The molecule has 0 amide bonds. The fourth-order valence-electron chi connectivity index (χ4n) is 1.11. The number of hydrogen-bond donors (Lipinski definition) is 1. The van der Waals surface area contributed by atoms with Crippen molar-refractivity contribution in [1.82, 2.24) is 10.3 Å². The van der Waals surface area contributed by atoms with Gasteiger partial charge in [0.15, 0.2) is 0 Å². The van der Waals surface area contributed by atoms with Gasteiger partial charge in [0.1, 0.15) is 5.82 Å². The summed E-state index contributed by atoms with van der Waals surface area (Å²) >= 11 is 0. The summed E-state index contributed by atoms with van der Waals surface area (Å²) in [6.45, 7) is 3.98. The topological polar surface area (TPSA) is 28.2 Å². The van der Waals surface area contributed by atoms with E-state index in [1.54, 1.807) is 0 Å². The number of hydrogen-bond acceptors (Lipinski definition) is 3. The van der Waals surface area contributed by atoms with Gasteiger partial charge >= 0.3 is 0 Å². The van der Waals surface area contributed by atoms with E-state index in [2.05, 4.69) is 34.3 Å². The molecule has 0 radical (unpaired) electrons. The lowest BCUT2D eigenvalue weighted by atomic mass is 10.3. The summed E-state index contributed by atoms with van der Waals surface area (Å²) in [6.07, 6.45) is 1.91. The van der Waals surface area contributed by atoms with Gasteiger partial charge in [0.05, 0.1) is 0 Å². The van der Waals surface area contributed by atoms with Crippen LogP contribution in [0, 0.1) is 0 Å². The second-order valence-corrected chi connectivity index (χ2v) is 3.07. The standard InChI is InChI=1S/C10H17N3/c1-4-13(3)10-6-5-9(7-11-2)8-12-10/h5-6,8,11H,4,7H2,1-3H3. The van der Waals surface area contributed by atoms with Gasteiger partial charge in [-0.2, -0.15) is 0 Å². The molecule has 1 aromatic heterocycles. The number of nitrogens with one attached hydrogen (secondary N) is 1. The molecule has 0 aliphatic rings. The molecular formula is C10H17N3. The van der Waals surface area contributed by atoms with Crippen molar-refractivity contribution in [1.29, 1.82) is 0 Å². The fraction of sp³-hybridized carbons (Fsp3) is 0.500. The summed E-state index contributed by atoms with van der Waals surface area (Å²) in [5.74, 6) is 1.03. The second-order valence-electron chi connectivity index (χ2n) is 3.07. The Morgan fingerprint density at radius 3 is 2.69 bits per heavy atom.